The van der Waals surface area contributed by atoms with Gasteiger partial charge < -0.3 is 10.1 Å². The fraction of sp³-hybridized carbons (Fsp3) is 0.267. The molecule has 0 unspecified atom stereocenters. The summed E-state index contributed by atoms with van der Waals surface area (Å²) in [6.45, 7) is 0.801. The van der Waals surface area contributed by atoms with E-state index < -0.39 is 0 Å². The molecule has 0 amide bonds. The summed E-state index contributed by atoms with van der Waals surface area (Å²) in [6.07, 6.45) is 3.64. The normalized spacial score (nSPS) is 13.7. The van der Waals surface area contributed by atoms with Crippen molar-refractivity contribution in [1.82, 2.24) is 19.7 Å². The zero-order valence-electron chi connectivity index (χ0n) is 12.0. The molecule has 1 aromatic carbocycles. The average molecular weight is 360 g/mol. The molecule has 6 nitrogen and oxygen atoms in total. The second kappa shape index (κ2) is 5.24. The van der Waals surface area contributed by atoms with Crippen LogP contribution in [0.2, 0.25) is 0 Å². The first-order valence-electron chi connectivity index (χ1n) is 7.08. The Morgan fingerprint density at radius 2 is 2.23 bits per heavy atom. The van der Waals surface area contributed by atoms with E-state index in [2.05, 4.69) is 42.4 Å². The van der Waals surface area contributed by atoms with E-state index in [-0.39, 0.29) is 0 Å². The van der Waals surface area contributed by atoms with E-state index in [1.165, 1.54) is 5.56 Å². The van der Waals surface area contributed by atoms with Crippen LogP contribution >= 0.6 is 15.9 Å². The van der Waals surface area contributed by atoms with Gasteiger partial charge in [-0.3, -0.25) is 0 Å². The van der Waals surface area contributed by atoms with Gasteiger partial charge in [0.2, 0.25) is 0 Å². The van der Waals surface area contributed by atoms with E-state index >= 15 is 0 Å². The third-order valence-electron chi connectivity index (χ3n) is 3.75. The lowest BCUT2D eigenvalue weighted by atomic mass is 10.1. The summed E-state index contributed by atoms with van der Waals surface area (Å²) < 4.78 is 8.11. The largest absolute Gasteiger partial charge is 0.493 e. The van der Waals surface area contributed by atoms with Crippen LogP contribution in [0.4, 0.5) is 11.5 Å². The fourth-order valence-electron chi connectivity index (χ4n) is 2.71. The van der Waals surface area contributed by atoms with Gasteiger partial charge in [-0.05, 0) is 52.5 Å². The molecular weight excluding hydrogens is 346 g/mol. The molecule has 22 heavy (non-hydrogen) atoms. The number of benzene rings is 1. The molecule has 0 fully saturated rings. The lowest BCUT2D eigenvalue weighted by molar-refractivity contribution is 0.288. The maximum atomic E-state index is 5.65. The third kappa shape index (κ3) is 2.21. The number of ether oxygens (including phenoxy) is 1. The number of anilines is 2. The number of fused-ring (bicyclic) bond motifs is 2. The predicted molar refractivity (Wildman–Crippen MR) is 87.5 cm³/mol. The maximum Gasteiger partial charge on any atom is 0.164 e. The van der Waals surface area contributed by atoms with Crippen LogP contribution in [-0.4, -0.2) is 26.4 Å². The van der Waals surface area contributed by atoms with Crippen molar-refractivity contribution in [3.8, 4) is 5.75 Å². The van der Waals surface area contributed by atoms with Crippen LogP contribution in [0.3, 0.4) is 0 Å². The van der Waals surface area contributed by atoms with E-state index in [1.54, 1.807) is 11.0 Å². The van der Waals surface area contributed by atoms with Gasteiger partial charge in [-0.15, -0.1) is 0 Å². The van der Waals surface area contributed by atoms with Crippen LogP contribution < -0.4 is 10.1 Å². The van der Waals surface area contributed by atoms with Gasteiger partial charge >= 0.3 is 0 Å². The SMILES string of the molecule is Cn1nc(Br)c2c(Nc3ccc4c(c3)CCCO4)ncnc21. The quantitative estimate of drug-likeness (QED) is 0.760. The number of halogens is 1. The highest BCUT2D eigenvalue weighted by Crippen LogP contribution is 2.32. The van der Waals surface area contributed by atoms with Gasteiger partial charge in [0.25, 0.3) is 0 Å². The second-order valence-corrected chi connectivity index (χ2v) is 5.99. The van der Waals surface area contributed by atoms with Crippen molar-refractivity contribution in [3.05, 3.63) is 34.7 Å². The summed E-state index contributed by atoms with van der Waals surface area (Å²) in [5, 5.41) is 8.57. The summed E-state index contributed by atoms with van der Waals surface area (Å²) >= 11 is 3.47. The first-order valence-corrected chi connectivity index (χ1v) is 7.87. The molecule has 7 heteroatoms. The highest BCUT2D eigenvalue weighted by atomic mass is 79.9. The van der Waals surface area contributed by atoms with Crippen LogP contribution in [0.1, 0.15) is 12.0 Å². The van der Waals surface area contributed by atoms with Crippen LogP contribution in [0, 0.1) is 0 Å². The van der Waals surface area contributed by atoms with Gasteiger partial charge in [0.1, 0.15) is 22.5 Å². The van der Waals surface area contributed by atoms with Gasteiger partial charge in [-0.2, -0.15) is 5.10 Å². The Morgan fingerprint density at radius 1 is 1.32 bits per heavy atom. The number of aryl methyl sites for hydroxylation is 2. The Hall–Kier alpha value is -2.15. The van der Waals surface area contributed by atoms with Crippen molar-refractivity contribution in [1.29, 1.82) is 0 Å². The summed E-state index contributed by atoms with van der Waals surface area (Å²) in [4.78, 5) is 8.63. The Morgan fingerprint density at radius 3 is 3.14 bits per heavy atom. The van der Waals surface area contributed by atoms with Crippen molar-refractivity contribution in [2.45, 2.75) is 12.8 Å². The average Bonchev–Trinajstić information content (AvgIpc) is 2.83. The fourth-order valence-corrected chi connectivity index (χ4v) is 3.31. The Kier molecular flexibility index (Phi) is 3.22. The molecule has 3 aromatic rings. The topological polar surface area (TPSA) is 64.9 Å². The van der Waals surface area contributed by atoms with E-state index in [9.17, 15) is 0 Å². The van der Waals surface area contributed by atoms with Crippen LogP contribution in [0.25, 0.3) is 11.0 Å². The minimum atomic E-state index is 0.731. The Bertz CT molecular complexity index is 861. The lowest BCUT2D eigenvalue weighted by Gasteiger charge is -2.18. The summed E-state index contributed by atoms with van der Waals surface area (Å²) in [7, 11) is 1.86. The summed E-state index contributed by atoms with van der Waals surface area (Å²) in [6, 6.07) is 6.13. The maximum absolute atomic E-state index is 5.65. The minimum Gasteiger partial charge on any atom is -0.493 e. The highest BCUT2D eigenvalue weighted by Gasteiger charge is 2.15. The summed E-state index contributed by atoms with van der Waals surface area (Å²) in [5.41, 5.74) is 3.00. The van der Waals surface area contributed by atoms with Crippen molar-refractivity contribution < 1.29 is 4.74 Å². The van der Waals surface area contributed by atoms with Crippen molar-refractivity contribution in [2.75, 3.05) is 11.9 Å². The van der Waals surface area contributed by atoms with E-state index in [1.807, 2.05) is 19.2 Å². The minimum absolute atomic E-state index is 0.731. The molecule has 0 saturated carbocycles. The van der Waals surface area contributed by atoms with E-state index in [4.69, 9.17) is 4.74 Å². The molecule has 0 saturated heterocycles. The van der Waals surface area contributed by atoms with Crippen LogP contribution in [-0.2, 0) is 13.5 Å². The molecule has 0 atom stereocenters. The molecule has 1 aliphatic rings. The Labute approximate surface area is 135 Å². The molecule has 1 aliphatic heterocycles. The smallest absolute Gasteiger partial charge is 0.164 e. The van der Waals surface area contributed by atoms with Crippen LogP contribution in [0.5, 0.6) is 5.75 Å². The molecule has 0 spiro atoms. The number of rotatable bonds is 2. The first-order chi connectivity index (χ1) is 10.7. The zero-order chi connectivity index (χ0) is 15.1. The van der Waals surface area contributed by atoms with Gasteiger partial charge in [-0.1, -0.05) is 0 Å². The van der Waals surface area contributed by atoms with Gasteiger partial charge in [-0.25, -0.2) is 14.6 Å². The molecule has 0 bridgehead atoms. The second-order valence-electron chi connectivity index (χ2n) is 5.23. The zero-order valence-corrected chi connectivity index (χ0v) is 13.6. The van der Waals surface area contributed by atoms with Gasteiger partial charge in [0.05, 0.1) is 12.0 Å². The highest BCUT2D eigenvalue weighted by molar-refractivity contribution is 9.10. The number of nitrogens with one attached hydrogen (secondary N) is 1. The van der Waals surface area contributed by atoms with E-state index in [0.717, 1.165) is 52.3 Å². The molecule has 112 valence electrons. The van der Waals surface area contributed by atoms with Crippen molar-refractivity contribution in [3.63, 3.8) is 0 Å². The number of aromatic nitrogens is 4. The third-order valence-corrected chi connectivity index (χ3v) is 4.30. The molecule has 4 rings (SSSR count). The molecule has 0 aliphatic carbocycles. The van der Waals surface area contributed by atoms with Crippen molar-refractivity contribution >= 4 is 38.5 Å². The van der Waals surface area contributed by atoms with Gasteiger partial charge in [0, 0.05) is 12.7 Å². The molecule has 2 aromatic heterocycles. The van der Waals surface area contributed by atoms with Gasteiger partial charge in [0.15, 0.2) is 5.65 Å². The monoisotopic (exact) mass is 359 g/mol. The van der Waals surface area contributed by atoms with Crippen molar-refractivity contribution in [2.24, 2.45) is 7.05 Å². The molecular formula is C15H14BrN5O. The molecule has 3 heterocycles. The first kappa shape index (κ1) is 13.5. The predicted octanol–water partition coefficient (Wildman–Crippen LogP) is 3.19. The molecule has 1 N–H and O–H groups in total. The number of hydrogen-bond donors (Lipinski definition) is 1. The summed E-state index contributed by atoms with van der Waals surface area (Å²) in [5.74, 6) is 1.72. The number of hydrogen-bond acceptors (Lipinski definition) is 5. The lowest BCUT2D eigenvalue weighted by Crippen LogP contribution is -2.08. The number of nitrogens with zero attached hydrogens (tertiary/aromatic N) is 4. The van der Waals surface area contributed by atoms with E-state index in [0.29, 0.717) is 0 Å². The molecule has 0 radical (unpaired) electrons. The standard InChI is InChI=1S/C15H14BrN5O/c1-21-15-12(13(16)20-21)14(17-8-18-15)19-10-4-5-11-9(7-10)3-2-6-22-11/h4-5,7-8H,2-3,6H2,1H3,(H,17,18,19). The Balaban J connectivity index is 1.75. The van der Waals surface area contributed by atoms with Crippen LogP contribution in [0.15, 0.2) is 29.1 Å².